The van der Waals surface area contributed by atoms with Crippen LogP contribution in [-0.2, 0) is 0 Å². The highest BCUT2D eigenvalue weighted by Crippen LogP contribution is 2.30. The van der Waals surface area contributed by atoms with Crippen LogP contribution in [0.4, 0.5) is 5.69 Å². The molecule has 0 atom stereocenters. The molecule has 1 aromatic heterocycles. The lowest BCUT2D eigenvalue weighted by Crippen LogP contribution is -2.32. The van der Waals surface area contributed by atoms with Crippen molar-refractivity contribution in [3.63, 3.8) is 0 Å². The molecule has 0 unspecified atom stereocenters. The second kappa shape index (κ2) is 4.96. The molecule has 1 aliphatic rings. The predicted molar refractivity (Wildman–Crippen MR) is 72.2 cm³/mol. The van der Waals surface area contributed by atoms with E-state index >= 15 is 0 Å². The Morgan fingerprint density at radius 3 is 2.78 bits per heavy atom. The average molecular weight is 247 g/mol. The van der Waals surface area contributed by atoms with E-state index in [1.807, 2.05) is 4.90 Å². The summed E-state index contributed by atoms with van der Waals surface area (Å²) in [5.74, 6) is 0.0210. The second-order valence-electron chi connectivity index (χ2n) is 5.79. The number of carbonyl (C=O) groups is 1. The summed E-state index contributed by atoms with van der Waals surface area (Å²) in [5, 5.41) is 0. The van der Waals surface area contributed by atoms with E-state index in [9.17, 15) is 4.79 Å². The number of carbonyl (C=O) groups excluding carboxylic acids is 1. The van der Waals surface area contributed by atoms with Crippen LogP contribution in [0.3, 0.4) is 0 Å². The maximum Gasteiger partial charge on any atom is 0.272 e. The first-order chi connectivity index (χ1) is 8.48. The third-order valence-electron chi connectivity index (χ3n) is 3.63. The van der Waals surface area contributed by atoms with Crippen molar-refractivity contribution in [2.75, 3.05) is 18.8 Å². The third-order valence-corrected chi connectivity index (χ3v) is 3.63. The number of anilines is 1. The van der Waals surface area contributed by atoms with Gasteiger partial charge >= 0.3 is 0 Å². The molecular formula is C14H21N3O. The van der Waals surface area contributed by atoms with Gasteiger partial charge in [0.15, 0.2) is 0 Å². The zero-order valence-electron chi connectivity index (χ0n) is 11.1. The molecule has 1 saturated heterocycles. The van der Waals surface area contributed by atoms with Crippen LogP contribution >= 0.6 is 0 Å². The van der Waals surface area contributed by atoms with E-state index in [-0.39, 0.29) is 5.91 Å². The Bertz CT molecular complexity index is 425. The van der Waals surface area contributed by atoms with Gasteiger partial charge in [0.2, 0.25) is 0 Å². The normalized spacial score (nSPS) is 19.3. The molecule has 0 aliphatic carbocycles. The van der Waals surface area contributed by atoms with Crippen LogP contribution in [-0.4, -0.2) is 28.9 Å². The van der Waals surface area contributed by atoms with Gasteiger partial charge in [0.05, 0.1) is 11.9 Å². The van der Waals surface area contributed by atoms with E-state index in [0.717, 1.165) is 25.9 Å². The molecule has 0 spiro atoms. The second-order valence-corrected chi connectivity index (χ2v) is 5.79. The van der Waals surface area contributed by atoms with Crippen LogP contribution in [0.1, 0.15) is 43.6 Å². The monoisotopic (exact) mass is 247 g/mol. The molecule has 0 saturated carbocycles. The van der Waals surface area contributed by atoms with Gasteiger partial charge in [0, 0.05) is 13.1 Å². The Labute approximate surface area is 108 Å². The van der Waals surface area contributed by atoms with Crippen LogP contribution in [0.2, 0.25) is 0 Å². The van der Waals surface area contributed by atoms with Crippen molar-refractivity contribution >= 4 is 11.6 Å². The van der Waals surface area contributed by atoms with Crippen molar-refractivity contribution in [2.24, 2.45) is 5.41 Å². The standard InChI is InChI=1S/C14H21N3O/c1-14(2)6-3-8-17(9-7-14)13(18)12-5-4-11(15)10-16-12/h4-5,10H,3,6-9,15H2,1-2H3. The van der Waals surface area contributed by atoms with Gasteiger partial charge in [-0.1, -0.05) is 13.8 Å². The van der Waals surface area contributed by atoms with Gasteiger partial charge in [0.1, 0.15) is 5.69 Å². The summed E-state index contributed by atoms with van der Waals surface area (Å²) in [7, 11) is 0. The lowest BCUT2D eigenvalue weighted by atomic mass is 9.85. The van der Waals surface area contributed by atoms with E-state index in [0.29, 0.717) is 16.8 Å². The van der Waals surface area contributed by atoms with Gasteiger partial charge < -0.3 is 10.6 Å². The quantitative estimate of drug-likeness (QED) is 0.828. The third kappa shape index (κ3) is 3.00. The number of rotatable bonds is 1. The Hall–Kier alpha value is -1.58. The van der Waals surface area contributed by atoms with Crippen molar-refractivity contribution in [2.45, 2.75) is 33.1 Å². The van der Waals surface area contributed by atoms with Gasteiger partial charge in [-0.3, -0.25) is 4.79 Å². The maximum atomic E-state index is 12.3. The number of nitrogen functional groups attached to an aromatic ring is 1. The Morgan fingerprint density at radius 1 is 1.33 bits per heavy atom. The molecule has 1 aromatic rings. The molecule has 1 fully saturated rings. The zero-order valence-corrected chi connectivity index (χ0v) is 11.1. The van der Waals surface area contributed by atoms with Gasteiger partial charge in [0.25, 0.3) is 5.91 Å². The smallest absolute Gasteiger partial charge is 0.272 e. The number of amides is 1. The molecule has 1 aliphatic heterocycles. The van der Waals surface area contributed by atoms with Crippen molar-refractivity contribution in [1.29, 1.82) is 0 Å². The van der Waals surface area contributed by atoms with Gasteiger partial charge in [-0.05, 0) is 36.8 Å². The SMILES string of the molecule is CC1(C)CCCN(C(=O)c2ccc(N)cn2)CC1. The Kier molecular flexibility index (Phi) is 3.55. The van der Waals surface area contributed by atoms with Gasteiger partial charge in [-0.25, -0.2) is 4.98 Å². The molecule has 98 valence electrons. The minimum absolute atomic E-state index is 0.0210. The largest absolute Gasteiger partial charge is 0.397 e. The summed E-state index contributed by atoms with van der Waals surface area (Å²) in [6.07, 6.45) is 4.82. The van der Waals surface area contributed by atoms with E-state index in [1.165, 1.54) is 12.6 Å². The highest BCUT2D eigenvalue weighted by atomic mass is 16.2. The van der Waals surface area contributed by atoms with Crippen molar-refractivity contribution < 1.29 is 4.79 Å². The van der Waals surface area contributed by atoms with Crippen molar-refractivity contribution in [3.8, 4) is 0 Å². The van der Waals surface area contributed by atoms with Crippen molar-refractivity contribution in [3.05, 3.63) is 24.0 Å². The molecule has 0 bridgehead atoms. The summed E-state index contributed by atoms with van der Waals surface area (Å²) in [6.45, 7) is 6.18. The van der Waals surface area contributed by atoms with Crippen LogP contribution in [0, 0.1) is 5.41 Å². The number of aromatic nitrogens is 1. The van der Waals surface area contributed by atoms with Gasteiger partial charge in [-0.15, -0.1) is 0 Å². The Morgan fingerprint density at radius 2 is 2.11 bits per heavy atom. The predicted octanol–water partition coefficient (Wildman–Crippen LogP) is 2.32. The van der Waals surface area contributed by atoms with Crippen molar-refractivity contribution in [1.82, 2.24) is 9.88 Å². The molecule has 4 heteroatoms. The molecular weight excluding hydrogens is 226 g/mol. The number of nitrogens with zero attached hydrogens (tertiary/aromatic N) is 2. The molecule has 18 heavy (non-hydrogen) atoms. The van der Waals surface area contributed by atoms with Crippen LogP contribution in [0.5, 0.6) is 0 Å². The summed E-state index contributed by atoms with van der Waals surface area (Å²) in [4.78, 5) is 18.3. The molecule has 0 radical (unpaired) electrons. The number of hydrogen-bond acceptors (Lipinski definition) is 3. The van der Waals surface area contributed by atoms with E-state index in [1.54, 1.807) is 12.1 Å². The number of nitrogens with two attached hydrogens (primary N) is 1. The lowest BCUT2D eigenvalue weighted by Gasteiger charge is -2.23. The fourth-order valence-electron chi connectivity index (χ4n) is 2.32. The van der Waals surface area contributed by atoms with E-state index < -0.39 is 0 Å². The van der Waals surface area contributed by atoms with E-state index in [2.05, 4.69) is 18.8 Å². The highest BCUT2D eigenvalue weighted by molar-refractivity contribution is 5.92. The summed E-state index contributed by atoms with van der Waals surface area (Å²) in [5.41, 5.74) is 6.99. The summed E-state index contributed by atoms with van der Waals surface area (Å²) in [6, 6.07) is 3.43. The highest BCUT2D eigenvalue weighted by Gasteiger charge is 2.26. The number of likely N-dealkylation sites (tertiary alicyclic amines) is 1. The summed E-state index contributed by atoms with van der Waals surface area (Å²) < 4.78 is 0. The molecule has 2 rings (SSSR count). The zero-order chi connectivity index (χ0) is 13.2. The van der Waals surface area contributed by atoms with E-state index in [4.69, 9.17) is 5.73 Å². The van der Waals surface area contributed by atoms with Crippen LogP contribution in [0.25, 0.3) is 0 Å². The molecule has 2 N–H and O–H groups in total. The topological polar surface area (TPSA) is 59.2 Å². The number of pyridine rings is 1. The minimum Gasteiger partial charge on any atom is -0.397 e. The van der Waals surface area contributed by atoms with Crippen LogP contribution in [0.15, 0.2) is 18.3 Å². The first kappa shape index (κ1) is 12.9. The van der Waals surface area contributed by atoms with Gasteiger partial charge in [-0.2, -0.15) is 0 Å². The fourth-order valence-corrected chi connectivity index (χ4v) is 2.32. The summed E-state index contributed by atoms with van der Waals surface area (Å²) >= 11 is 0. The molecule has 1 amide bonds. The average Bonchev–Trinajstić information content (AvgIpc) is 2.50. The molecule has 0 aromatic carbocycles. The lowest BCUT2D eigenvalue weighted by molar-refractivity contribution is 0.0751. The first-order valence-corrected chi connectivity index (χ1v) is 6.49. The van der Waals surface area contributed by atoms with Crippen LogP contribution < -0.4 is 5.73 Å². The molecule has 2 heterocycles. The number of hydrogen-bond donors (Lipinski definition) is 1. The maximum absolute atomic E-state index is 12.3. The minimum atomic E-state index is 0.0210. The Balaban J connectivity index is 2.07. The molecule has 4 nitrogen and oxygen atoms in total. The first-order valence-electron chi connectivity index (χ1n) is 6.49. The fraction of sp³-hybridized carbons (Fsp3) is 0.571.